The highest BCUT2D eigenvalue weighted by Gasteiger charge is 2.07. The topological polar surface area (TPSA) is 75.5 Å². The van der Waals surface area contributed by atoms with E-state index in [2.05, 4.69) is 15.8 Å². The number of carbonyl (C=O) groups excluding carboxylic acids is 2. The molecule has 0 spiro atoms. The van der Waals surface area contributed by atoms with Crippen molar-refractivity contribution in [1.29, 1.82) is 0 Å². The molecule has 0 saturated heterocycles. The van der Waals surface area contributed by atoms with Gasteiger partial charge in [0.25, 0.3) is 5.91 Å². The molecule has 1 heterocycles. The molecular formula is C19H20N4O2S. The van der Waals surface area contributed by atoms with E-state index < -0.39 is 0 Å². The Bertz CT molecular complexity index is 1020. The number of fused-ring (bicyclic) bond motifs is 1. The van der Waals surface area contributed by atoms with Crippen molar-refractivity contribution in [2.75, 3.05) is 6.54 Å². The van der Waals surface area contributed by atoms with Crippen LogP contribution in [0.2, 0.25) is 0 Å². The molecule has 0 unspecified atom stereocenters. The third-order valence-electron chi connectivity index (χ3n) is 3.91. The molecule has 0 radical (unpaired) electrons. The Labute approximate surface area is 155 Å². The Kier molecular flexibility index (Phi) is 5.48. The zero-order chi connectivity index (χ0) is 18.5. The lowest BCUT2D eigenvalue weighted by Gasteiger charge is -2.05. The van der Waals surface area contributed by atoms with Gasteiger partial charge in [0.05, 0.1) is 10.2 Å². The first-order chi connectivity index (χ1) is 12.5. The molecule has 0 aliphatic heterocycles. The fourth-order valence-electron chi connectivity index (χ4n) is 2.53. The molecule has 26 heavy (non-hydrogen) atoms. The van der Waals surface area contributed by atoms with Crippen LogP contribution >= 0.6 is 11.3 Å². The summed E-state index contributed by atoms with van der Waals surface area (Å²) in [5.74, 6) is -0.429. The molecule has 0 aliphatic carbocycles. The summed E-state index contributed by atoms with van der Waals surface area (Å²) in [5, 5.41) is 6.92. The number of aromatic nitrogens is 1. The molecule has 7 heteroatoms. The maximum Gasteiger partial charge on any atom is 0.251 e. The van der Waals surface area contributed by atoms with Crippen molar-refractivity contribution in [2.24, 2.45) is 12.1 Å². The van der Waals surface area contributed by atoms with Crippen LogP contribution in [0.1, 0.15) is 22.3 Å². The van der Waals surface area contributed by atoms with E-state index >= 15 is 0 Å². The minimum atomic E-state index is -0.244. The second-order valence-electron chi connectivity index (χ2n) is 5.93. The van der Waals surface area contributed by atoms with Crippen molar-refractivity contribution >= 4 is 33.4 Å². The maximum absolute atomic E-state index is 12.0. The SMILES string of the molecule is Cc1cccc(C(=O)NCCC(=O)N/N=c2\sc3ccccc3n2C)c1. The largest absolute Gasteiger partial charge is 0.352 e. The second-order valence-corrected chi connectivity index (χ2v) is 6.94. The van der Waals surface area contributed by atoms with Crippen molar-refractivity contribution in [2.45, 2.75) is 13.3 Å². The van der Waals surface area contributed by atoms with Crippen LogP contribution in [-0.4, -0.2) is 22.9 Å². The molecule has 3 rings (SSSR count). The van der Waals surface area contributed by atoms with E-state index in [1.54, 1.807) is 6.07 Å². The molecule has 6 nitrogen and oxygen atoms in total. The fraction of sp³-hybridized carbons (Fsp3) is 0.211. The van der Waals surface area contributed by atoms with Crippen molar-refractivity contribution < 1.29 is 9.59 Å². The molecule has 2 amide bonds. The zero-order valence-electron chi connectivity index (χ0n) is 14.7. The van der Waals surface area contributed by atoms with Gasteiger partial charge in [0.2, 0.25) is 10.7 Å². The van der Waals surface area contributed by atoms with Crippen LogP contribution in [-0.2, 0) is 11.8 Å². The maximum atomic E-state index is 12.0. The van der Waals surface area contributed by atoms with Gasteiger partial charge in [-0.05, 0) is 31.2 Å². The quantitative estimate of drug-likeness (QED) is 0.678. The summed E-state index contributed by atoms with van der Waals surface area (Å²) in [7, 11) is 1.91. The van der Waals surface area contributed by atoms with Gasteiger partial charge in [0.15, 0.2) is 0 Å². The summed E-state index contributed by atoms with van der Waals surface area (Å²) in [6, 6.07) is 15.3. The highest BCUT2D eigenvalue weighted by molar-refractivity contribution is 7.16. The third-order valence-corrected chi connectivity index (χ3v) is 5.02. The van der Waals surface area contributed by atoms with Gasteiger partial charge in [-0.15, -0.1) is 5.10 Å². The van der Waals surface area contributed by atoms with E-state index in [0.29, 0.717) is 10.4 Å². The number of hydrogen-bond acceptors (Lipinski definition) is 4. The van der Waals surface area contributed by atoms with Crippen molar-refractivity contribution in [3.8, 4) is 0 Å². The number of amides is 2. The second kappa shape index (κ2) is 7.97. The van der Waals surface area contributed by atoms with Gasteiger partial charge in [0.1, 0.15) is 0 Å². The first-order valence-electron chi connectivity index (χ1n) is 8.26. The van der Waals surface area contributed by atoms with E-state index in [9.17, 15) is 9.59 Å². The number of nitrogens with one attached hydrogen (secondary N) is 2. The summed E-state index contributed by atoms with van der Waals surface area (Å²) >= 11 is 1.51. The van der Waals surface area contributed by atoms with Crippen LogP contribution in [0.3, 0.4) is 0 Å². The van der Waals surface area contributed by atoms with E-state index in [1.165, 1.54) is 11.3 Å². The smallest absolute Gasteiger partial charge is 0.251 e. The van der Waals surface area contributed by atoms with Crippen LogP contribution in [0.4, 0.5) is 0 Å². The average Bonchev–Trinajstić information content (AvgIpc) is 2.96. The predicted octanol–water partition coefficient (Wildman–Crippen LogP) is 2.30. The normalized spacial score (nSPS) is 11.5. The number of carbonyl (C=O) groups is 2. The Morgan fingerprint density at radius 3 is 2.73 bits per heavy atom. The van der Waals surface area contributed by atoms with Crippen LogP contribution in [0.5, 0.6) is 0 Å². The first kappa shape index (κ1) is 17.9. The van der Waals surface area contributed by atoms with Gasteiger partial charge in [0, 0.05) is 25.6 Å². The molecule has 0 aliphatic rings. The summed E-state index contributed by atoms with van der Waals surface area (Å²) in [6.07, 6.45) is 0.162. The van der Waals surface area contributed by atoms with Crippen molar-refractivity contribution in [3.63, 3.8) is 0 Å². The molecule has 0 saturated carbocycles. The third kappa shape index (κ3) is 4.18. The molecule has 134 valence electrons. The summed E-state index contributed by atoms with van der Waals surface area (Å²) < 4.78 is 3.04. The number of rotatable bonds is 5. The summed E-state index contributed by atoms with van der Waals surface area (Å²) in [4.78, 5) is 24.7. The number of nitrogens with zero attached hydrogens (tertiary/aromatic N) is 2. The van der Waals surface area contributed by atoms with Crippen LogP contribution in [0.25, 0.3) is 10.2 Å². The summed E-state index contributed by atoms with van der Waals surface area (Å²) in [5.41, 5.74) is 5.22. The van der Waals surface area contributed by atoms with Gasteiger partial charge in [-0.3, -0.25) is 9.59 Å². The zero-order valence-corrected chi connectivity index (χ0v) is 15.5. The Hall–Kier alpha value is -2.93. The highest BCUT2D eigenvalue weighted by atomic mass is 32.1. The minimum absolute atomic E-state index is 0.162. The molecule has 2 N–H and O–H groups in total. The first-order valence-corrected chi connectivity index (χ1v) is 9.08. The number of thiazole rings is 1. The van der Waals surface area contributed by atoms with E-state index in [1.807, 2.05) is 61.0 Å². The fourth-order valence-corrected chi connectivity index (χ4v) is 3.51. The van der Waals surface area contributed by atoms with Crippen molar-refractivity contribution in [3.05, 3.63) is 64.5 Å². The predicted molar refractivity (Wildman–Crippen MR) is 103 cm³/mol. The van der Waals surface area contributed by atoms with Gasteiger partial charge in [-0.1, -0.05) is 41.2 Å². The number of benzene rings is 2. The van der Waals surface area contributed by atoms with Crippen molar-refractivity contribution in [1.82, 2.24) is 15.3 Å². The van der Waals surface area contributed by atoms with Crippen LogP contribution < -0.4 is 15.5 Å². The minimum Gasteiger partial charge on any atom is -0.352 e. The molecule has 2 aromatic carbocycles. The lowest BCUT2D eigenvalue weighted by Crippen LogP contribution is -2.30. The number of para-hydroxylation sites is 1. The molecule has 0 atom stereocenters. The van der Waals surface area contributed by atoms with E-state index in [-0.39, 0.29) is 24.8 Å². The molecular weight excluding hydrogens is 348 g/mol. The monoisotopic (exact) mass is 368 g/mol. The Balaban J connectivity index is 1.54. The number of hydrogen-bond donors (Lipinski definition) is 2. The average molecular weight is 368 g/mol. The van der Waals surface area contributed by atoms with Gasteiger partial charge in [-0.25, -0.2) is 5.43 Å². The van der Waals surface area contributed by atoms with Crippen LogP contribution in [0, 0.1) is 6.92 Å². The molecule has 3 aromatic rings. The molecule has 0 bridgehead atoms. The van der Waals surface area contributed by atoms with E-state index in [4.69, 9.17) is 0 Å². The summed E-state index contributed by atoms with van der Waals surface area (Å²) in [6.45, 7) is 2.19. The Morgan fingerprint density at radius 2 is 1.96 bits per heavy atom. The van der Waals surface area contributed by atoms with E-state index in [0.717, 1.165) is 15.8 Å². The lowest BCUT2D eigenvalue weighted by atomic mass is 10.1. The molecule has 1 aromatic heterocycles. The lowest BCUT2D eigenvalue weighted by molar-refractivity contribution is -0.121. The van der Waals surface area contributed by atoms with Gasteiger partial charge >= 0.3 is 0 Å². The van der Waals surface area contributed by atoms with Crippen LogP contribution in [0.15, 0.2) is 53.6 Å². The standard InChI is InChI=1S/C19H20N4O2S/c1-13-6-5-7-14(12-13)18(25)20-11-10-17(24)21-22-19-23(2)15-8-3-4-9-16(15)26-19/h3-9,12H,10-11H2,1-2H3,(H,20,25)(H,21,24)/b22-19-. The Morgan fingerprint density at radius 1 is 1.15 bits per heavy atom. The van der Waals surface area contributed by atoms with Gasteiger partial charge < -0.3 is 9.88 Å². The van der Waals surface area contributed by atoms with Gasteiger partial charge in [-0.2, -0.15) is 0 Å². The number of aryl methyl sites for hydroxylation is 2. The highest BCUT2D eigenvalue weighted by Crippen LogP contribution is 2.14. The molecule has 0 fully saturated rings.